The van der Waals surface area contributed by atoms with Crippen LogP contribution in [0, 0.1) is 0 Å². The van der Waals surface area contributed by atoms with Gasteiger partial charge in [-0.15, -0.1) is 23.7 Å². The fourth-order valence-corrected chi connectivity index (χ4v) is 4.67. The molecule has 1 atom stereocenters. The third-order valence-electron chi connectivity index (χ3n) is 5.26. The number of hydrogen-bond donors (Lipinski definition) is 0. The minimum Gasteiger partial charge on any atom is -0.493 e. The third-order valence-corrected chi connectivity index (χ3v) is 6.25. The zero-order chi connectivity index (χ0) is 18.5. The van der Waals surface area contributed by atoms with Crippen molar-refractivity contribution < 1.29 is 9.47 Å². The molecule has 28 heavy (non-hydrogen) atoms. The second kappa shape index (κ2) is 9.94. The third kappa shape index (κ3) is 4.86. The lowest BCUT2D eigenvalue weighted by Gasteiger charge is -2.20. The van der Waals surface area contributed by atoms with E-state index in [9.17, 15) is 0 Å². The number of benzene rings is 1. The van der Waals surface area contributed by atoms with Crippen LogP contribution in [-0.2, 0) is 6.42 Å². The SMILES string of the molecule is COc1ccc(C(Cc2ccncc2)c2cccs2)cc1OC1CCCC1.Cl. The molecule has 1 unspecified atom stereocenters. The van der Waals surface area contributed by atoms with E-state index in [1.54, 1.807) is 18.4 Å². The lowest BCUT2D eigenvalue weighted by atomic mass is 9.90. The van der Waals surface area contributed by atoms with Gasteiger partial charge in [0.15, 0.2) is 11.5 Å². The van der Waals surface area contributed by atoms with Crippen molar-refractivity contribution in [2.75, 3.05) is 7.11 Å². The molecule has 0 amide bonds. The first-order chi connectivity index (χ1) is 13.3. The summed E-state index contributed by atoms with van der Waals surface area (Å²) in [5.41, 5.74) is 2.56. The average molecular weight is 416 g/mol. The minimum absolute atomic E-state index is 0. The highest BCUT2D eigenvalue weighted by molar-refractivity contribution is 7.10. The van der Waals surface area contributed by atoms with Gasteiger partial charge in [-0.2, -0.15) is 0 Å². The van der Waals surface area contributed by atoms with Gasteiger partial charge in [-0.3, -0.25) is 4.98 Å². The van der Waals surface area contributed by atoms with Crippen molar-refractivity contribution in [1.82, 2.24) is 4.98 Å². The van der Waals surface area contributed by atoms with Crippen molar-refractivity contribution in [2.45, 2.75) is 44.1 Å². The summed E-state index contributed by atoms with van der Waals surface area (Å²) < 4.78 is 11.9. The Balaban J connectivity index is 0.00000225. The van der Waals surface area contributed by atoms with Crippen LogP contribution in [-0.4, -0.2) is 18.2 Å². The van der Waals surface area contributed by atoms with Gasteiger partial charge in [-0.1, -0.05) is 12.1 Å². The number of pyridine rings is 1. The van der Waals surface area contributed by atoms with Gasteiger partial charge in [0.05, 0.1) is 13.2 Å². The van der Waals surface area contributed by atoms with E-state index in [0.29, 0.717) is 12.0 Å². The first kappa shape index (κ1) is 20.7. The summed E-state index contributed by atoms with van der Waals surface area (Å²) in [6, 6.07) is 14.9. The molecule has 0 N–H and O–H groups in total. The van der Waals surface area contributed by atoms with E-state index in [0.717, 1.165) is 30.8 Å². The monoisotopic (exact) mass is 415 g/mol. The summed E-state index contributed by atoms with van der Waals surface area (Å²) >= 11 is 1.81. The molecule has 2 aromatic heterocycles. The molecule has 1 aliphatic carbocycles. The zero-order valence-electron chi connectivity index (χ0n) is 16.0. The van der Waals surface area contributed by atoms with E-state index in [1.807, 2.05) is 18.5 Å². The largest absolute Gasteiger partial charge is 0.493 e. The average Bonchev–Trinajstić information content (AvgIpc) is 3.41. The molecule has 0 bridgehead atoms. The second-order valence-electron chi connectivity index (χ2n) is 7.06. The molecule has 0 saturated heterocycles. The standard InChI is InChI=1S/C23H25NO2S.ClH/c1-25-21-9-8-18(16-22(21)26-19-5-2-3-6-19)20(23-7-4-14-27-23)15-17-10-12-24-13-11-17;/h4,7-14,16,19-20H,2-3,5-6,15H2,1H3;1H. The maximum absolute atomic E-state index is 6.32. The Morgan fingerprint density at radius 1 is 1.07 bits per heavy atom. The highest BCUT2D eigenvalue weighted by atomic mass is 35.5. The number of rotatable bonds is 7. The molecule has 4 rings (SSSR count). The van der Waals surface area contributed by atoms with Gasteiger partial charge in [0.1, 0.15) is 0 Å². The summed E-state index contributed by atoms with van der Waals surface area (Å²) in [5, 5.41) is 2.15. The smallest absolute Gasteiger partial charge is 0.161 e. The molecule has 3 nitrogen and oxygen atoms in total. The van der Waals surface area contributed by atoms with Crippen LogP contribution in [0.3, 0.4) is 0 Å². The van der Waals surface area contributed by atoms with Crippen LogP contribution in [0.1, 0.15) is 47.6 Å². The molecule has 5 heteroatoms. The molecule has 3 aromatic rings. The van der Waals surface area contributed by atoms with Crippen molar-refractivity contribution in [1.29, 1.82) is 0 Å². The van der Waals surface area contributed by atoms with E-state index in [2.05, 4.69) is 46.8 Å². The molecular formula is C23H26ClNO2S. The number of thiophene rings is 1. The lowest BCUT2D eigenvalue weighted by Crippen LogP contribution is -2.12. The highest BCUT2D eigenvalue weighted by Crippen LogP contribution is 2.38. The van der Waals surface area contributed by atoms with Crippen molar-refractivity contribution in [3.05, 3.63) is 76.2 Å². The molecular weight excluding hydrogens is 390 g/mol. The fraction of sp³-hybridized carbons (Fsp3) is 0.348. The molecule has 0 radical (unpaired) electrons. The van der Waals surface area contributed by atoms with Crippen LogP contribution in [0.15, 0.2) is 60.2 Å². The maximum Gasteiger partial charge on any atom is 0.161 e. The summed E-state index contributed by atoms with van der Waals surface area (Å²) in [6.45, 7) is 0. The van der Waals surface area contributed by atoms with Crippen molar-refractivity contribution >= 4 is 23.7 Å². The zero-order valence-corrected chi connectivity index (χ0v) is 17.7. The van der Waals surface area contributed by atoms with Gasteiger partial charge < -0.3 is 9.47 Å². The van der Waals surface area contributed by atoms with Crippen molar-refractivity contribution in [2.24, 2.45) is 0 Å². The molecule has 2 heterocycles. The van der Waals surface area contributed by atoms with Gasteiger partial charge in [0.25, 0.3) is 0 Å². The van der Waals surface area contributed by atoms with Gasteiger partial charge in [0, 0.05) is 23.2 Å². The Hall–Kier alpha value is -2.04. The number of nitrogens with zero attached hydrogens (tertiary/aromatic N) is 1. The van der Waals surface area contributed by atoms with Gasteiger partial charge >= 0.3 is 0 Å². The van der Waals surface area contributed by atoms with Crippen LogP contribution in [0.4, 0.5) is 0 Å². The molecule has 1 aromatic carbocycles. The molecule has 0 spiro atoms. The molecule has 1 fully saturated rings. The topological polar surface area (TPSA) is 31.4 Å². The molecule has 148 valence electrons. The summed E-state index contributed by atoms with van der Waals surface area (Å²) in [7, 11) is 1.71. The Labute approximate surface area is 177 Å². The summed E-state index contributed by atoms with van der Waals surface area (Å²) in [5.74, 6) is 1.99. The van der Waals surface area contributed by atoms with Crippen LogP contribution in [0.2, 0.25) is 0 Å². The van der Waals surface area contributed by atoms with E-state index in [-0.39, 0.29) is 12.4 Å². The number of ether oxygens (including phenoxy) is 2. The van der Waals surface area contributed by atoms with E-state index >= 15 is 0 Å². The first-order valence-electron chi connectivity index (χ1n) is 9.60. The second-order valence-corrected chi connectivity index (χ2v) is 8.04. The van der Waals surface area contributed by atoms with Gasteiger partial charge in [-0.05, 0) is 78.9 Å². The quantitative estimate of drug-likeness (QED) is 0.455. The van der Waals surface area contributed by atoms with E-state index in [4.69, 9.17) is 9.47 Å². The van der Waals surface area contributed by atoms with E-state index in [1.165, 1.54) is 28.8 Å². The minimum atomic E-state index is 0. The number of halogens is 1. The molecule has 0 aliphatic heterocycles. The van der Waals surface area contributed by atoms with E-state index < -0.39 is 0 Å². The van der Waals surface area contributed by atoms with Crippen LogP contribution >= 0.6 is 23.7 Å². The molecule has 1 saturated carbocycles. The Bertz CT molecular complexity index is 848. The number of hydrogen-bond acceptors (Lipinski definition) is 4. The van der Waals surface area contributed by atoms with Crippen LogP contribution < -0.4 is 9.47 Å². The maximum atomic E-state index is 6.32. The van der Waals surface area contributed by atoms with Gasteiger partial charge in [-0.25, -0.2) is 0 Å². The fourth-order valence-electron chi connectivity index (χ4n) is 3.81. The Morgan fingerprint density at radius 2 is 1.86 bits per heavy atom. The van der Waals surface area contributed by atoms with Crippen LogP contribution in [0.5, 0.6) is 11.5 Å². The van der Waals surface area contributed by atoms with Gasteiger partial charge in [0.2, 0.25) is 0 Å². The normalized spacial score (nSPS) is 15.0. The molecule has 1 aliphatic rings. The predicted molar refractivity (Wildman–Crippen MR) is 117 cm³/mol. The predicted octanol–water partition coefficient (Wildman–Crippen LogP) is 6.27. The van der Waals surface area contributed by atoms with Crippen molar-refractivity contribution in [3.63, 3.8) is 0 Å². The van der Waals surface area contributed by atoms with Crippen LogP contribution in [0.25, 0.3) is 0 Å². The Kier molecular flexibility index (Phi) is 7.35. The number of aromatic nitrogens is 1. The lowest BCUT2D eigenvalue weighted by molar-refractivity contribution is 0.200. The first-order valence-corrected chi connectivity index (χ1v) is 10.5. The Morgan fingerprint density at radius 3 is 2.54 bits per heavy atom. The number of methoxy groups -OCH3 is 1. The summed E-state index contributed by atoms with van der Waals surface area (Å²) in [4.78, 5) is 5.51. The highest BCUT2D eigenvalue weighted by Gasteiger charge is 2.21. The summed E-state index contributed by atoms with van der Waals surface area (Å²) in [6.07, 6.45) is 9.77. The van der Waals surface area contributed by atoms with Crippen molar-refractivity contribution in [3.8, 4) is 11.5 Å².